The van der Waals surface area contributed by atoms with Crippen LogP contribution in [-0.4, -0.2) is 47.4 Å². The number of aliphatic hydroxyl groups excluding tert-OH is 2. The normalized spacial score (nSPS) is 12.9. The van der Waals surface area contributed by atoms with Crippen molar-refractivity contribution in [2.24, 2.45) is 0 Å². The van der Waals surface area contributed by atoms with Gasteiger partial charge >= 0.3 is 5.97 Å². The number of unbranched alkanes of at least 4 members (excludes halogenated alkanes) is 34. The Morgan fingerprint density at radius 2 is 0.770 bits per heavy atom. The number of allylic oxidation sites excluding steroid dienone is 5. The van der Waals surface area contributed by atoms with Crippen LogP contribution in [0.4, 0.5) is 0 Å². The number of nitrogens with one attached hydrogen (secondary N) is 1. The van der Waals surface area contributed by atoms with Crippen molar-refractivity contribution >= 4 is 11.9 Å². The summed E-state index contributed by atoms with van der Waals surface area (Å²) in [6.45, 7) is 4.86. The fourth-order valence-electron chi connectivity index (χ4n) is 7.97. The molecule has 0 saturated carbocycles. The van der Waals surface area contributed by atoms with Crippen LogP contribution in [0.2, 0.25) is 0 Å². The molecule has 0 aliphatic carbocycles. The number of ether oxygens (including phenoxy) is 1. The molecule has 61 heavy (non-hydrogen) atoms. The maximum absolute atomic E-state index is 12.4. The van der Waals surface area contributed by atoms with E-state index in [1.54, 1.807) is 6.08 Å². The van der Waals surface area contributed by atoms with Crippen LogP contribution < -0.4 is 5.32 Å². The molecular weight excluding hydrogens is 755 g/mol. The van der Waals surface area contributed by atoms with Crippen molar-refractivity contribution in [1.29, 1.82) is 0 Å². The van der Waals surface area contributed by atoms with Gasteiger partial charge in [-0.15, -0.1) is 0 Å². The van der Waals surface area contributed by atoms with Gasteiger partial charge < -0.3 is 20.3 Å². The lowest BCUT2D eigenvalue weighted by atomic mass is 10.1. The monoisotopic (exact) mass is 858 g/mol. The number of carbonyl (C=O) groups excluding carboxylic acids is 2. The fraction of sp³-hybridized carbons (Fsp3) is 0.855. The minimum atomic E-state index is -0.851. The highest BCUT2D eigenvalue weighted by Crippen LogP contribution is 2.15. The van der Waals surface area contributed by atoms with Gasteiger partial charge in [-0.05, 0) is 83.5 Å². The average molecular weight is 858 g/mol. The first kappa shape index (κ1) is 59.1. The highest BCUT2D eigenvalue weighted by molar-refractivity contribution is 5.76. The number of amides is 1. The second-order valence-corrected chi connectivity index (χ2v) is 18.2. The van der Waals surface area contributed by atoms with E-state index in [1.807, 2.05) is 6.08 Å². The zero-order valence-corrected chi connectivity index (χ0v) is 40.6. The predicted octanol–water partition coefficient (Wildman–Crippen LogP) is 16.1. The third-order valence-electron chi connectivity index (χ3n) is 12.1. The highest BCUT2D eigenvalue weighted by atomic mass is 16.5. The van der Waals surface area contributed by atoms with Gasteiger partial charge in [-0.25, -0.2) is 0 Å². The Labute approximate surface area is 379 Å². The number of rotatable bonds is 49. The molecule has 0 heterocycles. The van der Waals surface area contributed by atoms with Gasteiger partial charge in [0.1, 0.15) is 0 Å². The van der Waals surface area contributed by atoms with Crippen LogP contribution in [0.25, 0.3) is 0 Å². The Morgan fingerprint density at radius 3 is 1.16 bits per heavy atom. The Kier molecular flexibility index (Phi) is 49.1. The van der Waals surface area contributed by atoms with Crippen LogP contribution in [0, 0.1) is 0 Å². The molecule has 1 amide bonds. The summed E-state index contributed by atoms with van der Waals surface area (Å²) in [5.41, 5.74) is 0. The molecule has 358 valence electrons. The van der Waals surface area contributed by atoms with E-state index in [9.17, 15) is 19.8 Å². The molecule has 0 aromatic rings. The van der Waals surface area contributed by atoms with Gasteiger partial charge in [0.2, 0.25) is 5.91 Å². The first-order chi connectivity index (χ1) is 30.0. The van der Waals surface area contributed by atoms with Crippen LogP contribution in [0.15, 0.2) is 36.5 Å². The van der Waals surface area contributed by atoms with Gasteiger partial charge in [0, 0.05) is 12.8 Å². The van der Waals surface area contributed by atoms with Gasteiger partial charge in [0.15, 0.2) is 0 Å². The molecule has 0 aliphatic rings. The number of hydrogen-bond acceptors (Lipinski definition) is 5. The molecule has 2 atom stereocenters. The van der Waals surface area contributed by atoms with Crippen molar-refractivity contribution in [3.8, 4) is 0 Å². The van der Waals surface area contributed by atoms with E-state index in [0.29, 0.717) is 19.4 Å². The zero-order valence-electron chi connectivity index (χ0n) is 40.6. The Balaban J connectivity index is 3.47. The SMILES string of the molecule is CCCCCCCCC/C=C\CCCCCCCC(=O)OCCCCCCCC/C=C\CCCCCCCCCC(=O)NC(CO)C(O)/C=C/CCCCCCCCCCC. The van der Waals surface area contributed by atoms with E-state index >= 15 is 0 Å². The lowest BCUT2D eigenvalue weighted by Crippen LogP contribution is -2.45. The van der Waals surface area contributed by atoms with Crippen molar-refractivity contribution in [1.82, 2.24) is 5.32 Å². The molecule has 6 nitrogen and oxygen atoms in total. The Hall–Kier alpha value is -1.92. The van der Waals surface area contributed by atoms with E-state index in [-0.39, 0.29) is 18.5 Å². The number of esters is 1. The number of hydrogen-bond donors (Lipinski definition) is 3. The summed E-state index contributed by atoms with van der Waals surface area (Å²) in [4.78, 5) is 24.4. The summed E-state index contributed by atoms with van der Waals surface area (Å²) in [5.74, 6) is -0.0930. The minimum Gasteiger partial charge on any atom is -0.466 e. The lowest BCUT2D eigenvalue weighted by Gasteiger charge is -2.20. The first-order valence-corrected chi connectivity index (χ1v) is 26.8. The average Bonchev–Trinajstić information content (AvgIpc) is 3.26. The number of carbonyl (C=O) groups is 2. The maximum atomic E-state index is 12.4. The maximum Gasteiger partial charge on any atom is 0.305 e. The van der Waals surface area contributed by atoms with Gasteiger partial charge in [0.05, 0.1) is 25.4 Å². The lowest BCUT2D eigenvalue weighted by molar-refractivity contribution is -0.143. The largest absolute Gasteiger partial charge is 0.466 e. The molecule has 0 fully saturated rings. The van der Waals surface area contributed by atoms with E-state index in [1.165, 1.54) is 193 Å². The second kappa shape index (κ2) is 50.7. The summed E-state index contributed by atoms with van der Waals surface area (Å²) < 4.78 is 5.46. The molecule has 0 spiro atoms. The summed E-state index contributed by atoms with van der Waals surface area (Å²) in [6, 6.07) is -0.636. The van der Waals surface area contributed by atoms with E-state index in [2.05, 4.69) is 43.5 Å². The van der Waals surface area contributed by atoms with E-state index < -0.39 is 12.1 Å². The van der Waals surface area contributed by atoms with Crippen LogP contribution >= 0.6 is 0 Å². The second-order valence-electron chi connectivity index (χ2n) is 18.2. The fourth-order valence-corrected chi connectivity index (χ4v) is 7.97. The quantitative estimate of drug-likeness (QED) is 0.0322. The van der Waals surface area contributed by atoms with Crippen molar-refractivity contribution in [2.75, 3.05) is 13.2 Å². The molecule has 0 saturated heterocycles. The summed E-state index contributed by atoms with van der Waals surface area (Å²) in [5, 5.41) is 23.0. The standard InChI is InChI=1S/C55H103NO5/c1-3-5-7-9-11-13-15-16-17-22-25-29-33-37-41-45-49-55(60)61-50-46-42-38-34-30-26-23-20-18-19-21-24-28-32-36-40-44-48-54(59)56-52(51-57)53(58)47-43-39-35-31-27-14-12-10-8-6-4-2/h17-18,20,22,43,47,52-53,57-58H,3-16,19,21,23-42,44-46,48-51H2,1-2H3,(H,56,59)/b20-18-,22-17-,47-43+. The molecule has 0 aliphatic heterocycles. The first-order valence-electron chi connectivity index (χ1n) is 26.8. The molecule has 0 bridgehead atoms. The Bertz CT molecular complexity index is 993. The topological polar surface area (TPSA) is 95.9 Å². The molecule has 6 heteroatoms. The predicted molar refractivity (Wildman–Crippen MR) is 264 cm³/mol. The van der Waals surface area contributed by atoms with Crippen molar-refractivity contribution in [2.45, 2.75) is 289 Å². The van der Waals surface area contributed by atoms with Crippen LogP contribution in [0.3, 0.4) is 0 Å². The van der Waals surface area contributed by atoms with E-state index in [0.717, 1.165) is 57.8 Å². The van der Waals surface area contributed by atoms with E-state index in [4.69, 9.17) is 4.74 Å². The molecule has 0 rings (SSSR count). The molecule has 0 aromatic heterocycles. The molecule has 0 aromatic carbocycles. The minimum absolute atomic E-state index is 0.0108. The van der Waals surface area contributed by atoms with Crippen molar-refractivity contribution in [3.63, 3.8) is 0 Å². The van der Waals surface area contributed by atoms with Gasteiger partial charge in [-0.2, -0.15) is 0 Å². The van der Waals surface area contributed by atoms with Crippen LogP contribution in [-0.2, 0) is 14.3 Å². The Morgan fingerprint density at radius 1 is 0.443 bits per heavy atom. The molecule has 3 N–H and O–H groups in total. The molecular formula is C55H103NO5. The van der Waals surface area contributed by atoms with Gasteiger partial charge in [-0.1, -0.05) is 217 Å². The van der Waals surface area contributed by atoms with Gasteiger partial charge in [0.25, 0.3) is 0 Å². The highest BCUT2D eigenvalue weighted by Gasteiger charge is 2.18. The van der Waals surface area contributed by atoms with Crippen molar-refractivity contribution in [3.05, 3.63) is 36.5 Å². The molecule has 2 unspecified atom stereocenters. The van der Waals surface area contributed by atoms with Crippen molar-refractivity contribution < 1.29 is 24.5 Å². The summed E-state index contributed by atoms with van der Waals surface area (Å²) in [6.07, 6.45) is 61.5. The van der Waals surface area contributed by atoms with Crippen LogP contribution in [0.1, 0.15) is 277 Å². The van der Waals surface area contributed by atoms with Crippen LogP contribution in [0.5, 0.6) is 0 Å². The van der Waals surface area contributed by atoms with Gasteiger partial charge in [-0.3, -0.25) is 9.59 Å². The zero-order chi connectivity index (χ0) is 44.4. The third-order valence-corrected chi connectivity index (χ3v) is 12.1. The summed E-state index contributed by atoms with van der Waals surface area (Å²) in [7, 11) is 0. The molecule has 0 radical (unpaired) electrons. The number of aliphatic hydroxyl groups is 2. The third kappa shape index (κ3) is 47.4. The summed E-state index contributed by atoms with van der Waals surface area (Å²) >= 11 is 0. The smallest absolute Gasteiger partial charge is 0.305 e.